The normalized spacial score (nSPS) is 16.9. The Kier molecular flexibility index (Phi) is 5.38. The Morgan fingerprint density at radius 1 is 1.30 bits per heavy atom. The molecule has 0 spiro atoms. The third kappa shape index (κ3) is 4.21. The number of carbonyl (C=O) groups excluding carboxylic acids is 1. The van der Waals surface area contributed by atoms with Crippen molar-refractivity contribution in [2.75, 3.05) is 33.4 Å². The van der Waals surface area contributed by atoms with Crippen LogP contribution in [0.25, 0.3) is 0 Å². The summed E-state index contributed by atoms with van der Waals surface area (Å²) in [6, 6.07) is 6.70. The van der Waals surface area contributed by atoms with E-state index in [1.165, 1.54) is 20.0 Å². The molecule has 1 aromatic carbocycles. The van der Waals surface area contributed by atoms with Crippen molar-refractivity contribution in [3.63, 3.8) is 0 Å². The summed E-state index contributed by atoms with van der Waals surface area (Å²) in [6.45, 7) is 3.03. The van der Waals surface area contributed by atoms with Crippen molar-refractivity contribution in [2.45, 2.75) is 18.9 Å². The van der Waals surface area contributed by atoms with Crippen molar-refractivity contribution < 1.29 is 19.4 Å². The van der Waals surface area contributed by atoms with Crippen molar-refractivity contribution in [2.24, 2.45) is 0 Å². The molecule has 5 nitrogen and oxygen atoms in total. The first-order valence-corrected chi connectivity index (χ1v) is 6.90. The van der Waals surface area contributed by atoms with Crippen LogP contribution in [0.15, 0.2) is 24.3 Å². The van der Waals surface area contributed by atoms with Gasteiger partial charge < -0.3 is 19.5 Å². The molecule has 2 rings (SSSR count). The molecule has 20 heavy (non-hydrogen) atoms. The monoisotopic (exact) mass is 279 g/mol. The number of likely N-dealkylation sites (tertiary alicyclic amines) is 1. The number of esters is 1. The van der Waals surface area contributed by atoms with Gasteiger partial charge in [-0.1, -0.05) is 0 Å². The zero-order valence-electron chi connectivity index (χ0n) is 11.7. The standard InChI is InChI=1S/C15H21NO4/c1-19-15(18)12-4-6-14(7-5-12)20-11-13(17)10-16-8-2-3-9-16/h4-7,13,17H,2-3,8-11H2,1H3. The predicted molar refractivity (Wildman–Crippen MR) is 75.0 cm³/mol. The van der Waals surface area contributed by atoms with Crippen LogP contribution in [0.3, 0.4) is 0 Å². The van der Waals surface area contributed by atoms with Gasteiger partial charge in [0.2, 0.25) is 0 Å². The van der Waals surface area contributed by atoms with Crippen LogP contribution in [-0.4, -0.2) is 55.4 Å². The van der Waals surface area contributed by atoms with Gasteiger partial charge in [0.25, 0.3) is 0 Å². The van der Waals surface area contributed by atoms with Crippen molar-refractivity contribution in [3.8, 4) is 5.75 Å². The molecule has 0 amide bonds. The highest BCUT2D eigenvalue weighted by atomic mass is 16.5. The highest BCUT2D eigenvalue weighted by Gasteiger charge is 2.16. The van der Waals surface area contributed by atoms with Gasteiger partial charge in [-0.25, -0.2) is 4.79 Å². The maximum Gasteiger partial charge on any atom is 0.337 e. The van der Waals surface area contributed by atoms with Crippen molar-refractivity contribution >= 4 is 5.97 Å². The summed E-state index contributed by atoms with van der Waals surface area (Å²) in [5.74, 6) is 0.267. The van der Waals surface area contributed by atoms with Crippen molar-refractivity contribution in [3.05, 3.63) is 29.8 Å². The first kappa shape index (κ1) is 14.8. The van der Waals surface area contributed by atoms with Crippen LogP contribution in [0.1, 0.15) is 23.2 Å². The summed E-state index contributed by atoms with van der Waals surface area (Å²) in [5, 5.41) is 9.91. The number of aliphatic hydroxyl groups excluding tert-OH is 1. The Hall–Kier alpha value is -1.59. The molecule has 1 heterocycles. The summed E-state index contributed by atoms with van der Waals surface area (Å²) in [6.07, 6.45) is 1.93. The van der Waals surface area contributed by atoms with Gasteiger partial charge in [-0.05, 0) is 50.2 Å². The van der Waals surface area contributed by atoms with Crippen molar-refractivity contribution in [1.82, 2.24) is 4.90 Å². The number of rotatable bonds is 6. The molecule has 1 atom stereocenters. The van der Waals surface area contributed by atoms with Crippen LogP contribution < -0.4 is 4.74 Å². The minimum Gasteiger partial charge on any atom is -0.491 e. The summed E-state index contributed by atoms with van der Waals surface area (Å²) in [5.41, 5.74) is 0.484. The van der Waals surface area contributed by atoms with Gasteiger partial charge >= 0.3 is 5.97 Å². The smallest absolute Gasteiger partial charge is 0.337 e. The van der Waals surface area contributed by atoms with Gasteiger partial charge in [0.1, 0.15) is 18.5 Å². The van der Waals surface area contributed by atoms with Crippen LogP contribution in [0, 0.1) is 0 Å². The van der Waals surface area contributed by atoms with E-state index < -0.39 is 6.10 Å². The fraction of sp³-hybridized carbons (Fsp3) is 0.533. The summed E-state index contributed by atoms with van der Waals surface area (Å²) < 4.78 is 10.1. The van der Waals surface area contributed by atoms with E-state index in [1.807, 2.05) is 0 Å². The molecule has 0 bridgehead atoms. The number of aliphatic hydroxyl groups is 1. The Morgan fingerprint density at radius 2 is 1.95 bits per heavy atom. The van der Waals surface area contributed by atoms with Crippen LogP contribution in [0.4, 0.5) is 0 Å². The molecule has 0 saturated carbocycles. The van der Waals surface area contributed by atoms with Gasteiger partial charge in [-0.2, -0.15) is 0 Å². The third-order valence-electron chi connectivity index (χ3n) is 3.39. The average Bonchev–Trinajstić information content (AvgIpc) is 2.97. The molecule has 1 N–H and O–H groups in total. The molecule has 0 aromatic heterocycles. The van der Waals surface area contributed by atoms with Gasteiger partial charge in [0.05, 0.1) is 12.7 Å². The van der Waals surface area contributed by atoms with Crippen LogP contribution >= 0.6 is 0 Å². The Balaban J connectivity index is 1.76. The lowest BCUT2D eigenvalue weighted by Gasteiger charge is -2.19. The Bertz CT molecular complexity index is 426. The number of carbonyl (C=O) groups is 1. The summed E-state index contributed by atoms with van der Waals surface area (Å²) in [7, 11) is 1.35. The lowest BCUT2D eigenvalue weighted by Crippen LogP contribution is -2.33. The molecule has 1 aliphatic rings. The minimum absolute atomic E-state index is 0.258. The van der Waals surface area contributed by atoms with E-state index in [1.54, 1.807) is 24.3 Å². The van der Waals surface area contributed by atoms with E-state index in [0.29, 0.717) is 17.9 Å². The third-order valence-corrected chi connectivity index (χ3v) is 3.39. The second-order valence-corrected chi connectivity index (χ2v) is 4.99. The number of nitrogens with zero attached hydrogens (tertiary/aromatic N) is 1. The van der Waals surface area contributed by atoms with Gasteiger partial charge in [0.15, 0.2) is 0 Å². The van der Waals surface area contributed by atoms with Crippen LogP contribution in [-0.2, 0) is 4.74 Å². The molecular weight excluding hydrogens is 258 g/mol. The molecular formula is C15H21NO4. The molecule has 1 saturated heterocycles. The first-order valence-electron chi connectivity index (χ1n) is 6.90. The highest BCUT2D eigenvalue weighted by Crippen LogP contribution is 2.14. The zero-order chi connectivity index (χ0) is 14.4. The van der Waals surface area contributed by atoms with Crippen molar-refractivity contribution in [1.29, 1.82) is 0 Å². The highest BCUT2D eigenvalue weighted by molar-refractivity contribution is 5.89. The van der Waals surface area contributed by atoms with E-state index in [9.17, 15) is 9.90 Å². The molecule has 1 aromatic rings. The van der Waals surface area contributed by atoms with Crippen LogP contribution in [0.5, 0.6) is 5.75 Å². The number of benzene rings is 1. The van der Waals surface area contributed by atoms with Crippen LogP contribution in [0.2, 0.25) is 0 Å². The number of ether oxygens (including phenoxy) is 2. The number of hydrogen-bond donors (Lipinski definition) is 1. The fourth-order valence-electron chi connectivity index (χ4n) is 2.31. The molecule has 1 unspecified atom stereocenters. The molecule has 1 fully saturated rings. The van der Waals surface area contributed by atoms with E-state index in [4.69, 9.17) is 4.74 Å². The number of methoxy groups -OCH3 is 1. The van der Waals surface area contributed by atoms with E-state index in [-0.39, 0.29) is 12.6 Å². The zero-order valence-corrected chi connectivity index (χ0v) is 11.7. The molecule has 0 aliphatic carbocycles. The van der Waals surface area contributed by atoms with Gasteiger partial charge in [-0.3, -0.25) is 0 Å². The molecule has 0 radical (unpaired) electrons. The Morgan fingerprint density at radius 3 is 2.55 bits per heavy atom. The largest absolute Gasteiger partial charge is 0.491 e. The number of β-amino-alcohol motifs (C(OH)–C–C–N with tert-alkyl or cyclic N) is 1. The maximum absolute atomic E-state index is 11.3. The second kappa shape index (κ2) is 7.26. The minimum atomic E-state index is -0.492. The summed E-state index contributed by atoms with van der Waals surface area (Å²) in [4.78, 5) is 13.5. The molecule has 5 heteroatoms. The van der Waals surface area contributed by atoms with Gasteiger partial charge in [-0.15, -0.1) is 0 Å². The maximum atomic E-state index is 11.3. The van der Waals surface area contributed by atoms with E-state index in [0.717, 1.165) is 13.1 Å². The Labute approximate surface area is 119 Å². The quantitative estimate of drug-likeness (QED) is 0.796. The molecule has 110 valence electrons. The lowest BCUT2D eigenvalue weighted by molar-refractivity contribution is 0.0600. The number of hydrogen-bond acceptors (Lipinski definition) is 5. The second-order valence-electron chi connectivity index (χ2n) is 4.99. The first-order chi connectivity index (χ1) is 9.69. The topological polar surface area (TPSA) is 59.0 Å². The van der Waals surface area contributed by atoms with E-state index >= 15 is 0 Å². The SMILES string of the molecule is COC(=O)c1ccc(OCC(O)CN2CCCC2)cc1. The van der Waals surface area contributed by atoms with Gasteiger partial charge in [0, 0.05) is 6.54 Å². The molecule has 1 aliphatic heterocycles. The lowest BCUT2D eigenvalue weighted by atomic mass is 10.2. The average molecular weight is 279 g/mol. The summed E-state index contributed by atoms with van der Waals surface area (Å²) >= 11 is 0. The fourth-order valence-corrected chi connectivity index (χ4v) is 2.31. The van der Waals surface area contributed by atoms with E-state index in [2.05, 4.69) is 9.64 Å². The predicted octanol–water partition coefficient (Wildman–Crippen LogP) is 1.31.